The maximum Gasteiger partial charge on any atom is 0.198 e. The zero-order valence-corrected chi connectivity index (χ0v) is 14.5. The van der Waals surface area contributed by atoms with Gasteiger partial charge in [0.1, 0.15) is 11.6 Å². The summed E-state index contributed by atoms with van der Waals surface area (Å²) in [6.45, 7) is 6.66. The number of benzene rings is 2. The van der Waals surface area contributed by atoms with Gasteiger partial charge in [-0.2, -0.15) is 0 Å². The molecule has 0 radical (unpaired) electrons. The van der Waals surface area contributed by atoms with Crippen molar-refractivity contribution < 1.29 is 9.13 Å². The molecular weight excluding hydrogens is 311 g/mol. The zero-order valence-electron chi connectivity index (χ0n) is 13.7. The Morgan fingerprint density at radius 3 is 2.61 bits per heavy atom. The Balaban J connectivity index is 0.000000924. The van der Waals surface area contributed by atoms with Gasteiger partial charge >= 0.3 is 0 Å². The van der Waals surface area contributed by atoms with Gasteiger partial charge in [-0.1, -0.05) is 39.3 Å². The fourth-order valence-electron chi connectivity index (χ4n) is 2.28. The molecule has 0 unspecified atom stereocenters. The Hall–Kier alpha value is -1.94. The third kappa shape index (κ3) is 3.53. The molecule has 0 N–H and O–H groups in total. The highest BCUT2D eigenvalue weighted by molar-refractivity contribution is 7.24. The van der Waals surface area contributed by atoms with Gasteiger partial charge < -0.3 is 4.74 Å². The van der Waals surface area contributed by atoms with Crippen LogP contribution < -0.4 is 10.2 Å². The van der Waals surface area contributed by atoms with Crippen LogP contribution in [0.15, 0.2) is 41.2 Å². The van der Waals surface area contributed by atoms with Crippen molar-refractivity contribution in [2.24, 2.45) is 0 Å². The Labute approximate surface area is 139 Å². The van der Waals surface area contributed by atoms with Crippen molar-refractivity contribution in [3.8, 4) is 5.75 Å². The molecule has 122 valence electrons. The first-order valence-electron chi connectivity index (χ1n) is 7.99. The van der Waals surface area contributed by atoms with Crippen LogP contribution in [-0.2, 0) is 0 Å². The van der Waals surface area contributed by atoms with E-state index in [4.69, 9.17) is 4.74 Å². The third-order valence-corrected chi connectivity index (χ3v) is 4.58. The van der Waals surface area contributed by atoms with Gasteiger partial charge in [-0.15, -0.1) is 11.3 Å². The molecular formula is C19H21FO2S. The lowest BCUT2D eigenvalue weighted by molar-refractivity contribution is 0.313. The maximum absolute atomic E-state index is 14.1. The fraction of sp³-hybridized carbons (Fsp3) is 0.316. The van der Waals surface area contributed by atoms with E-state index in [-0.39, 0.29) is 10.8 Å². The molecule has 2 nitrogen and oxygen atoms in total. The largest absolute Gasteiger partial charge is 0.492 e. The van der Waals surface area contributed by atoms with Gasteiger partial charge in [-0.25, -0.2) is 4.39 Å². The van der Waals surface area contributed by atoms with E-state index in [1.165, 1.54) is 17.4 Å². The van der Waals surface area contributed by atoms with E-state index in [0.717, 1.165) is 17.5 Å². The molecule has 2 aromatic carbocycles. The predicted octanol–water partition coefficient (Wildman–Crippen LogP) is 5.76. The van der Waals surface area contributed by atoms with Crippen molar-refractivity contribution >= 4 is 31.5 Å². The lowest BCUT2D eigenvalue weighted by Crippen LogP contribution is -2.05. The Morgan fingerprint density at radius 2 is 1.87 bits per heavy atom. The molecule has 0 atom stereocenters. The molecule has 23 heavy (non-hydrogen) atoms. The number of hydrogen-bond donors (Lipinski definition) is 0. The second-order valence-corrected chi connectivity index (χ2v) is 5.93. The first kappa shape index (κ1) is 17.4. The summed E-state index contributed by atoms with van der Waals surface area (Å²) in [6.07, 6.45) is 1.96. The summed E-state index contributed by atoms with van der Waals surface area (Å²) in [4.78, 5) is 12.5. The summed E-state index contributed by atoms with van der Waals surface area (Å²) >= 11 is 1.40. The minimum Gasteiger partial charge on any atom is -0.492 e. The summed E-state index contributed by atoms with van der Waals surface area (Å²) in [5.41, 5.74) is -0.266. The van der Waals surface area contributed by atoms with Crippen LogP contribution in [0.3, 0.4) is 0 Å². The summed E-state index contributed by atoms with van der Waals surface area (Å²) < 4.78 is 21.3. The smallest absolute Gasteiger partial charge is 0.198 e. The van der Waals surface area contributed by atoms with Gasteiger partial charge in [0.05, 0.1) is 16.7 Å². The minimum absolute atomic E-state index is 0.132. The second-order valence-electron chi connectivity index (χ2n) is 4.88. The number of ether oxygens (including phenoxy) is 1. The van der Waals surface area contributed by atoms with Crippen molar-refractivity contribution in [1.29, 1.82) is 0 Å². The van der Waals surface area contributed by atoms with E-state index in [1.807, 2.05) is 26.0 Å². The molecule has 0 spiro atoms. The highest BCUT2D eigenvalue weighted by Crippen LogP contribution is 2.33. The summed E-state index contributed by atoms with van der Waals surface area (Å²) in [5.74, 6) is 0.104. The number of fused-ring (bicyclic) bond motifs is 2. The van der Waals surface area contributed by atoms with Crippen molar-refractivity contribution in [3.63, 3.8) is 0 Å². The lowest BCUT2D eigenvalue weighted by atomic mass is 10.1. The summed E-state index contributed by atoms with van der Waals surface area (Å²) in [7, 11) is 0. The van der Waals surface area contributed by atoms with Crippen LogP contribution in [0.4, 0.5) is 4.39 Å². The molecule has 0 bridgehead atoms. The molecule has 0 aliphatic rings. The van der Waals surface area contributed by atoms with Crippen LogP contribution in [-0.4, -0.2) is 6.61 Å². The topological polar surface area (TPSA) is 26.3 Å². The van der Waals surface area contributed by atoms with E-state index in [9.17, 15) is 9.18 Å². The number of unbranched alkanes of at least 4 members (excludes halogenated alkanes) is 1. The normalized spacial score (nSPS) is 10.4. The van der Waals surface area contributed by atoms with Gasteiger partial charge in [-0.05, 0) is 30.7 Å². The first-order valence-corrected chi connectivity index (χ1v) is 8.81. The van der Waals surface area contributed by atoms with Gasteiger partial charge in [0, 0.05) is 10.1 Å². The van der Waals surface area contributed by atoms with Crippen LogP contribution in [0, 0.1) is 5.82 Å². The molecule has 0 aliphatic heterocycles. The van der Waals surface area contributed by atoms with Crippen LogP contribution in [0.1, 0.15) is 33.6 Å². The fourth-order valence-corrected chi connectivity index (χ4v) is 3.44. The summed E-state index contributed by atoms with van der Waals surface area (Å²) in [5, 5.41) is 0.687. The van der Waals surface area contributed by atoms with Gasteiger partial charge in [0.15, 0.2) is 5.43 Å². The average Bonchev–Trinajstić information content (AvgIpc) is 2.59. The second kappa shape index (κ2) is 8.06. The highest BCUT2D eigenvalue weighted by Gasteiger charge is 2.14. The molecule has 0 amide bonds. The van der Waals surface area contributed by atoms with Crippen LogP contribution >= 0.6 is 11.3 Å². The zero-order chi connectivity index (χ0) is 16.8. The quantitative estimate of drug-likeness (QED) is 0.448. The Bertz CT molecular complexity index is 855. The van der Waals surface area contributed by atoms with Crippen LogP contribution in [0.2, 0.25) is 0 Å². The third-order valence-electron chi connectivity index (χ3n) is 3.40. The Kier molecular flexibility index (Phi) is 6.11. The maximum atomic E-state index is 14.1. The molecule has 1 heterocycles. The summed E-state index contributed by atoms with van der Waals surface area (Å²) in [6, 6.07) is 10.2. The van der Waals surface area contributed by atoms with Gasteiger partial charge in [-0.3, -0.25) is 4.79 Å². The number of hydrogen-bond acceptors (Lipinski definition) is 3. The standard InChI is InChI=1S/C17H15FO2S.C2H6/c1-2-3-10-20-13-9-8-12(18)15-16(19)11-6-4-5-7-14(11)21-17(13)15;1-2/h4-9H,2-3,10H2,1H3;1-2H3. The van der Waals surface area contributed by atoms with Crippen molar-refractivity contribution in [2.75, 3.05) is 6.61 Å². The van der Waals surface area contributed by atoms with Crippen LogP contribution in [0.25, 0.3) is 20.2 Å². The molecule has 3 aromatic rings. The van der Waals surface area contributed by atoms with E-state index < -0.39 is 5.82 Å². The minimum atomic E-state index is -0.486. The molecule has 1 aromatic heterocycles. The monoisotopic (exact) mass is 332 g/mol. The molecule has 0 saturated carbocycles. The average molecular weight is 332 g/mol. The molecule has 4 heteroatoms. The SMILES string of the molecule is CC.CCCCOc1ccc(F)c2c(=O)c3ccccc3sc12. The van der Waals surface area contributed by atoms with E-state index in [1.54, 1.807) is 18.2 Å². The molecule has 3 rings (SSSR count). The molecule has 0 saturated heterocycles. The van der Waals surface area contributed by atoms with Gasteiger partial charge in [0.2, 0.25) is 0 Å². The first-order chi connectivity index (χ1) is 11.2. The highest BCUT2D eigenvalue weighted by atomic mass is 32.1. The molecule has 0 aliphatic carbocycles. The number of rotatable bonds is 4. The van der Waals surface area contributed by atoms with Crippen LogP contribution in [0.5, 0.6) is 5.75 Å². The van der Waals surface area contributed by atoms with Crippen molar-refractivity contribution in [2.45, 2.75) is 33.6 Å². The number of halogens is 1. The predicted molar refractivity (Wildman–Crippen MR) is 97.3 cm³/mol. The van der Waals surface area contributed by atoms with E-state index in [0.29, 0.717) is 22.4 Å². The molecule has 0 fully saturated rings. The lowest BCUT2D eigenvalue weighted by Gasteiger charge is -2.09. The van der Waals surface area contributed by atoms with E-state index in [2.05, 4.69) is 6.92 Å². The van der Waals surface area contributed by atoms with Crippen molar-refractivity contribution in [3.05, 3.63) is 52.4 Å². The van der Waals surface area contributed by atoms with Gasteiger partial charge in [0.25, 0.3) is 0 Å². The van der Waals surface area contributed by atoms with Crippen molar-refractivity contribution in [1.82, 2.24) is 0 Å². The van der Waals surface area contributed by atoms with E-state index >= 15 is 0 Å². The Morgan fingerprint density at radius 1 is 1.13 bits per heavy atom.